The van der Waals surface area contributed by atoms with Crippen molar-refractivity contribution in [2.24, 2.45) is 11.8 Å². The molecule has 4 heterocycles. The van der Waals surface area contributed by atoms with Gasteiger partial charge in [-0.3, -0.25) is 14.6 Å². The first-order valence-corrected chi connectivity index (χ1v) is 12.9. The first-order valence-electron chi connectivity index (χ1n) is 12.9. The van der Waals surface area contributed by atoms with Crippen molar-refractivity contribution in [1.29, 1.82) is 5.26 Å². The summed E-state index contributed by atoms with van der Waals surface area (Å²) in [6, 6.07) is 9.93. The summed E-state index contributed by atoms with van der Waals surface area (Å²) in [6.45, 7) is 2.50. The number of fused-ring (bicyclic) bond motifs is 1. The summed E-state index contributed by atoms with van der Waals surface area (Å²) in [5.74, 6) is 0.586. The van der Waals surface area contributed by atoms with Crippen LogP contribution in [0.15, 0.2) is 42.7 Å². The predicted octanol–water partition coefficient (Wildman–Crippen LogP) is 4.54. The molecule has 3 aromatic rings. The van der Waals surface area contributed by atoms with Gasteiger partial charge in [-0.2, -0.15) is 5.26 Å². The number of nitriles is 1. The molecule has 0 spiro atoms. The molecule has 1 saturated carbocycles. The second-order valence-corrected chi connectivity index (χ2v) is 10.2. The van der Waals surface area contributed by atoms with E-state index in [0.29, 0.717) is 37.7 Å². The zero-order valence-corrected chi connectivity index (χ0v) is 20.5. The lowest BCUT2D eigenvalue weighted by Crippen LogP contribution is -2.38. The van der Waals surface area contributed by atoms with Crippen LogP contribution in [0, 0.1) is 29.0 Å². The van der Waals surface area contributed by atoms with Gasteiger partial charge in [0.15, 0.2) is 0 Å². The van der Waals surface area contributed by atoms with E-state index in [1.165, 1.54) is 17.2 Å². The van der Waals surface area contributed by atoms with E-state index in [0.717, 1.165) is 49.0 Å². The minimum atomic E-state index is -0.475. The molecule has 8 nitrogen and oxygen atoms in total. The number of pyridine rings is 1. The number of aromatic nitrogens is 2. The Hall–Kier alpha value is -3.48. The fourth-order valence-electron chi connectivity index (χ4n) is 5.65. The highest BCUT2D eigenvalue weighted by atomic mass is 19.1. The highest BCUT2D eigenvalue weighted by molar-refractivity contribution is 5.79. The van der Waals surface area contributed by atoms with Gasteiger partial charge in [0.2, 0.25) is 5.91 Å². The first kappa shape index (κ1) is 23.9. The maximum atomic E-state index is 14.0. The third-order valence-corrected chi connectivity index (χ3v) is 7.71. The number of hydroxylamine groups is 2. The Labute approximate surface area is 214 Å². The minimum absolute atomic E-state index is 0.0407. The molecule has 1 aromatic carbocycles. The van der Waals surface area contributed by atoms with Crippen LogP contribution in [0.2, 0.25) is 0 Å². The van der Waals surface area contributed by atoms with Crippen molar-refractivity contribution in [3.8, 4) is 11.8 Å². The van der Waals surface area contributed by atoms with Crippen LogP contribution < -0.4 is 4.74 Å². The van der Waals surface area contributed by atoms with Gasteiger partial charge in [-0.25, -0.2) is 9.45 Å². The van der Waals surface area contributed by atoms with Crippen molar-refractivity contribution in [2.45, 2.75) is 50.8 Å². The third-order valence-electron chi connectivity index (χ3n) is 7.71. The lowest BCUT2D eigenvalue weighted by molar-refractivity contribution is -0.183. The van der Waals surface area contributed by atoms with Crippen molar-refractivity contribution in [3.05, 3.63) is 59.7 Å². The van der Waals surface area contributed by atoms with E-state index in [-0.39, 0.29) is 29.5 Å². The smallest absolute Gasteiger partial charge is 0.249 e. The van der Waals surface area contributed by atoms with Crippen LogP contribution in [0.5, 0.6) is 5.75 Å². The summed E-state index contributed by atoms with van der Waals surface area (Å²) in [6.07, 6.45) is 7.98. The van der Waals surface area contributed by atoms with E-state index in [1.54, 1.807) is 12.3 Å². The largest absolute Gasteiger partial charge is 0.484 e. The Bertz CT molecular complexity index is 1340. The fraction of sp³-hybridized carbons (Fsp3) is 0.464. The molecule has 2 saturated heterocycles. The van der Waals surface area contributed by atoms with Crippen molar-refractivity contribution in [2.75, 3.05) is 19.8 Å². The topological polar surface area (TPSA) is 89.6 Å². The van der Waals surface area contributed by atoms with Crippen LogP contribution in [-0.4, -0.2) is 46.4 Å². The van der Waals surface area contributed by atoms with Crippen LogP contribution in [-0.2, 0) is 20.9 Å². The molecule has 9 heteroatoms. The average molecular weight is 505 g/mol. The number of ether oxygens (including phenoxy) is 2. The number of nitrogens with zero attached hydrogens (tertiary/aromatic N) is 4. The zero-order chi connectivity index (χ0) is 25.4. The Balaban J connectivity index is 1.08. The van der Waals surface area contributed by atoms with Gasteiger partial charge in [0.25, 0.3) is 0 Å². The Kier molecular flexibility index (Phi) is 6.53. The lowest BCUT2D eigenvalue weighted by atomic mass is 9.81. The number of halogens is 1. The zero-order valence-electron chi connectivity index (χ0n) is 20.5. The molecular formula is C28H29FN4O4. The number of carbonyl (C=O) groups excluding carboxylic acids is 1. The van der Waals surface area contributed by atoms with Gasteiger partial charge in [-0.15, -0.1) is 0 Å². The molecule has 192 valence electrons. The number of hydrogen-bond donors (Lipinski definition) is 0. The highest BCUT2D eigenvalue weighted by Crippen LogP contribution is 2.37. The molecule has 3 fully saturated rings. The second kappa shape index (κ2) is 10.1. The van der Waals surface area contributed by atoms with Gasteiger partial charge >= 0.3 is 0 Å². The lowest BCUT2D eigenvalue weighted by Gasteiger charge is -2.32. The number of carbonyl (C=O) groups is 1. The van der Waals surface area contributed by atoms with Crippen LogP contribution in [0.4, 0.5) is 4.39 Å². The molecule has 37 heavy (non-hydrogen) atoms. The Morgan fingerprint density at radius 3 is 2.76 bits per heavy atom. The van der Waals surface area contributed by atoms with Crippen LogP contribution in [0.25, 0.3) is 11.0 Å². The SMILES string of the molecule is N#Cc1cc(F)cc([C@@H]2CCON2C(=O)[C@H]2CC[C@H](Cn3ccc4ncc(OC5COC5)cc43)CC2)c1. The minimum Gasteiger partial charge on any atom is -0.484 e. The molecule has 1 amide bonds. The second-order valence-electron chi connectivity index (χ2n) is 10.2. The number of amides is 1. The van der Waals surface area contributed by atoms with Crippen LogP contribution in [0.3, 0.4) is 0 Å². The summed E-state index contributed by atoms with van der Waals surface area (Å²) >= 11 is 0. The van der Waals surface area contributed by atoms with E-state index in [1.807, 2.05) is 18.2 Å². The molecule has 0 bridgehead atoms. The molecule has 0 N–H and O–H groups in total. The van der Waals surface area contributed by atoms with E-state index >= 15 is 0 Å². The summed E-state index contributed by atoms with van der Waals surface area (Å²) in [7, 11) is 0. The standard InChI is InChI=1S/C28H29FN4O4/c29-22-10-19(13-30)9-21(11-22)26-6-8-36-33(26)28(34)20-3-1-18(2-4-20)15-32-7-5-25-27(32)12-23(14-31-25)37-24-16-35-17-24/h5,7,9-12,14,18,20,24,26H,1-4,6,8,15-17H2/t18-,20-,26-/m0/s1. The monoisotopic (exact) mass is 504 g/mol. The summed E-state index contributed by atoms with van der Waals surface area (Å²) < 4.78 is 27.4. The summed E-state index contributed by atoms with van der Waals surface area (Å²) in [4.78, 5) is 23.6. The van der Waals surface area contributed by atoms with E-state index in [2.05, 4.69) is 15.7 Å². The third kappa shape index (κ3) is 4.91. The molecule has 0 unspecified atom stereocenters. The van der Waals surface area contributed by atoms with Gasteiger partial charge in [-0.05, 0) is 61.4 Å². The molecule has 2 aromatic heterocycles. The number of hydrogen-bond acceptors (Lipinski definition) is 6. The van der Waals surface area contributed by atoms with Gasteiger partial charge in [0.05, 0.1) is 54.7 Å². The Morgan fingerprint density at radius 1 is 1.16 bits per heavy atom. The molecular weight excluding hydrogens is 475 g/mol. The van der Waals surface area contributed by atoms with E-state index < -0.39 is 5.82 Å². The molecule has 1 aliphatic carbocycles. The van der Waals surface area contributed by atoms with E-state index in [9.17, 15) is 14.4 Å². The van der Waals surface area contributed by atoms with Crippen molar-refractivity contribution in [1.82, 2.24) is 14.6 Å². The summed E-state index contributed by atoms with van der Waals surface area (Å²) in [5.41, 5.74) is 2.85. The van der Waals surface area contributed by atoms with Gasteiger partial charge in [0.1, 0.15) is 17.7 Å². The predicted molar refractivity (Wildman–Crippen MR) is 132 cm³/mol. The van der Waals surface area contributed by atoms with Crippen LogP contribution in [0.1, 0.15) is 49.3 Å². The van der Waals surface area contributed by atoms with Crippen LogP contribution >= 0.6 is 0 Å². The quantitative estimate of drug-likeness (QED) is 0.490. The van der Waals surface area contributed by atoms with Gasteiger partial charge in [-0.1, -0.05) is 0 Å². The maximum absolute atomic E-state index is 14.0. The Morgan fingerprint density at radius 2 is 2.00 bits per heavy atom. The van der Waals surface area contributed by atoms with Crippen molar-refractivity contribution in [3.63, 3.8) is 0 Å². The van der Waals surface area contributed by atoms with Crippen molar-refractivity contribution >= 4 is 16.9 Å². The first-order chi connectivity index (χ1) is 18.1. The average Bonchev–Trinajstić information content (AvgIpc) is 3.53. The van der Waals surface area contributed by atoms with E-state index in [4.69, 9.17) is 14.3 Å². The number of benzene rings is 1. The highest BCUT2D eigenvalue weighted by Gasteiger charge is 2.37. The molecule has 2 aliphatic heterocycles. The normalized spacial score (nSPS) is 24.1. The molecule has 1 atom stereocenters. The summed E-state index contributed by atoms with van der Waals surface area (Å²) in [5, 5.41) is 10.6. The fourth-order valence-corrected chi connectivity index (χ4v) is 5.65. The molecule has 3 aliphatic rings. The van der Waals surface area contributed by atoms with Gasteiger partial charge in [0, 0.05) is 31.1 Å². The molecule has 0 radical (unpaired) electrons. The number of rotatable bonds is 6. The van der Waals surface area contributed by atoms with Crippen molar-refractivity contribution < 1.29 is 23.5 Å². The maximum Gasteiger partial charge on any atom is 0.249 e. The van der Waals surface area contributed by atoms with Gasteiger partial charge < -0.3 is 14.0 Å². The molecule has 6 rings (SSSR count).